The van der Waals surface area contributed by atoms with Crippen LogP contribution in [0.2, 0.25) is 0 Å². The fraction of sp³-hybridized carbons (Fsp3) is 0.545. The highest BCUT2D eigenvalue weighted by Crippen LogP contribution is 2.13. The number of carboxylic acid groups (broad SMARTS) is 1. The molecule has 0 aliphatic heterocycles. The minimum Gasteiger partial charge on any atom is -0.476 e. The van der Waals surface area contributed by atoms with Crippen molar-refractivity contribution in [2.75, 3.05) is 12.3 Å². The minimum atomic E-state index is -1.20. The van der Waals surface area contributed by atoms with Crippen LogP contribution in [-0.2, 0) is 4.79 Å². The zero-order chi connectivity index (χ0) is 13.7. The number of nitrogen functional groups attached to an aromatic ring is 1. The first-order valence-electron chi connectivity index (χ1n) is 5.83. The second-order valence-electron chi connectivity index (χ2n) is 4.04. The number of anilines is 1. The number of nitrogens with zero attached hydrogens (tertiary/aromatic N) is 2. The lowest BCUT2D eigenvalue weighted by molar-refractivity contribution is -0.124. The topological polar surface area (TPSA) is 110 Å². The summed E-state index contributed by atoms with van der Waals surface area (Å²) in [4.78, 5) is 22.5. The molecule has 1 aromatic heterocycles. The molecule has 1 heterocycles. The van der Waals surface area contributed by atoms with E-state index in [1.54, 1.807) is 6.92 Å². The third kappa shape index (κ3) is 3.22. The Morgan fingerprint density at radius 3 is 2.78 bits per heavy atom. The maximum absolute atomic E-state index is 11.7. The molecule has 0 spiro atoms. The highest BCUT2D eigenvalue weighted by atomic mass is 16.4. The van der Waals surface area contributed by atoms with E-state index in [1.165, 1.54) is 10.9 Å². The van der Waals surface area contributed by atoms with Crippen LogP contribution in [0.4, 0.5) is 5.69 Å². The molecule has 7 nitrogen and oxygen atoms in total. The smallest absolute Gasteiger partial charge is 0.358 e. The zero-order valence-electron chi connectivity index (χ0n) is 10.5. The van der Waals surface area contributed by atoms with Crippen molar-refractivity contribution in [1.29, 1.82) is 0 Å². The highest BCUT2D eigenvalue weighted by molar-refractivity contribution is 5.91. The van der Waals surface area contributed by atoms with Gasteiger partial charge in [0.15, 0.2) is 5.69 Å². The van der Waals surface area contributed by atoms with E-state index < -0.39 is 12.0 Å². The number of aromatic nitrogens is 2. The SMILES string of the molecule is CCCCNC(=O)C(C)n1cc(N)c(C(=O)O)n1. The van der Waals surface area contributed by atoms with Gasteiger partial charge in [0.1, 0.15) is 6.04 Å². The Morgan fingerprint density at radius 2 is 2.28 bits per heavy atom. The van der Waals surface area contributed by atoms with Crippen molar-refractivity contribution in [3.63, 3.8) is 0 Å². The molecule has 0 fully saturated rings. The number of hydrogen-bond donors (Lipinski definition) is 3. The van der Waals surface area contributed by atoms with Crippen LogP contribution < -0.4 is 11.1 Å². The summed E-state index contributed by atoms with van der Waals surface area (Å²) in [6, 6.07) is -0.586. The van der Waals surface area contributed by atoms with Gasteiger partial charge >= 0.3 is 5.97 Å². The zero-order valence-corrected chi connectivity index (χ0v) is 10.5. The normalized spacial score (nSPS) is 12.1. The summed E-state index contributed by atoms with van der Waals surface area (Å²) in [5.41, 5.74) is 5.32. The first-order chi connectivity index (χ1) is 8.47. The van der Waals surface area contributed by atoms with E-state index in [2.05, 4.69) is 10.4 Å². The number of hydrogen-bond acceptors (Lipinski definition) is 4. The maximum Gasteiger partial charge on any atom is 0.358 e. The van der Waals surface area contributed by atoms with Crippen LogP contribution in [0.25, 0.3) is 0 Å². The predicted octanol–water partition coefficient (Wildman–Crippen LogP) is 0.641. The van der Waals surface area contributed by atoms with Crippen molar-refractivity contribution >= 4 is 17.6 Å². The van der Waals surface area contributed by atoms with Gasteiger partial charge in [0, 0.05) is 12.7 Å². The summed E-state index contributed by atoms with van der Waals surface area (Å²) in [5, 5.41) is 15.4. The summed E-state index contributed by atoms with van der Waals surface area (Å²) in [6.07, 6.45) is 3.25. The average molecular weight is 254 g/mol. The van der Waals surface area contributed by atoms with Crippen molar-refractivity contribution < 1.29 is 14.7 Å². The Bertz CT molecular complexity index is 441. The monoisotopic (exact) mass is 254 g/mol. The fourth-order valence-electron chi connectivity index (χ4n) is 1.43. The second kappa shape index (κ2) is 6.04. The molecule has 1 amide bonds. The van der Waals surface area contributed by atoms with Crippen molar-refractivity contribution in [2.24, 2.45) is 0 Å². The third-order valence-corrected chi connectivity index (χ3v) is 2.57. The van der Waals surface area contributed by atoms with E-state index in [1.807, 2.05) is 6.92 Å². The molecule has 1 aromatic rings. The predicted molar refractivity (Wildman–Crippen MR) is 66.2 cm³/mol. The number of unbranched alkanes of at least 4 members (excludes halogenated alkanes) is 1. The summed E-state index contributed by atoms with van der Waals surface area (Å²) >= 11 is 0. The van der Waals surface area contributed by atoms with E-state index in [4.69, 9.17) is 10.8 Å². The molecular weight excluding hydrogens is 236 g/mol. The maximum atomic E-state index is 11.7. The van der Waals surface area contributed by atoms with Gasteiger partial charge in [-0.1, -0.05) is 13.3 Å². The lowest BCUT2D eigenvalue weighted by Gasteiger charge is -2.12. The van der Waals surface area contributed by atoms with Gasteiger partial charge in [0.05, 0.1) is 5.69 Å². The molecule has 0 aliphatic carbocycles. The molecule has 0 saturated carbocycles. The molecule has 0 radical (unpaired) electrons. The molecule has 100 valence electrons. The number of rotatable bonds is 6. The molecule has 18 heavy (non-hydrogen) atoms. The molecular formula is C11H18N4O3. The van der Waals surface area contributed by atoms with Crippen molar-refractivity contribution in [3.8, 4) is 0 Å². The molecule has 4 N–H and O–H groups in total. The van der Waals surface area contributed by atoms with Crippen LogP contribution in [0.3, 0.4) is 0 Å². The van der Waals surface area contributed by atoms with E-state index in [0.29, 0.717) is 6.54 Å². The number of nitrogens with one attached hydrogen (secondary N) is 1. The molecule has 1 unspecified atom stereocenters. The minimum absolute atomic E-state index is 0.0516. The van der Waals surface area contributed by atoms with Gasteiger partial charge in [-0.25, -0.2) is 4.79 Å². The van der Waals surface area contributed by atoms with E-state index >= 15 is 0 Å². The lowest BCUT2D eigenvalue weighted by atomic mass is 10.3. The van der Waals surface area contributed by atoms with Crippen LogP contribution >= 0.6 is 0 Å². The number of amides is 1. The van der Waals surface area contributed by atoms with Gasteiger partial charge in [-0.2, -0.15) is 5.10 Å². The van der Waals surface area contributed by atoms with Crippen LogP contribution in [0, 0.1) is 0 Å². The number of carbonyl (C=O) groups is 2. The fourth-order valence-corrected chi connectivity index (χ4v) is 1.43. The Kier molecular flexibility index (Phi) is 4.70. The number of carbonyl (C=O) groups excluding carboxylic acids is 1. The van der Waals surface area contributed by atoms with Gasteiger partial charge in [-0.05, 0) is 13.3 Å². The quantitative estimate of drug-likeness (QED) is 0.645. The van der Waals surface area contributed by atoms with Gasteiger partial charge in [-0.15, -0.1) is 0 Å². The first-order valence-corrected chi connectivity index (χ1v) is 5.83. The van der Waals surface area contributed by atoms with Gasteiger partial charge in [0.25, 0.3) is 0 Å². The molecule has 1 rings (SSSR count). The number of aromatic carboxylic acids is 1. The van der Waals surface area contributed by atoms with Crippen molar-refractivity contribution in [3.05, 3.63) is 11.9 Å². The summed E-state index contributed by atoms with van der Waals surface area (Å²) in [6.45, 7) is 4.27. The van der Waals surface area contributed by atoms with Crippen LogP contribution in [-0.4, -0.2) is 33.3 Å². The van der Waals surface area contributed by atoms with E-state index in [9.17, 15) is 9.59 Å². The van der Waals surface area contributed by atoms with Crippen molar-refractivity contribution in [1.82, 2.24) is 15.1 Å². The Morgan fingerprint density at radius 1 is 1.61 bits per heavy atom. The average Bonchev–Trinajstić information content (AvgIpc) is 2.70. The Labute approximate surface area is 105 Å². The van der Waals surface area contributed by atoms with E-state index in [-0.39, 0.29) is 17.3 Å². The third-order valence-electron chi connectivity index (χ3n) is 2.57. The largest absolute Gasteiger partial charge is 0.476 e. The molecule has 1 atom stereocenters. The Hall–Kier alpha value is -2.05. The van der Waals surface area contributed by atoms with Crippen molar-refractivity contribution in [2.45, 2.75) is 32.7 Å². The second-order valence-corrected chi connectivity index (χ2v) is 4.04. The standard InChI is InChI=1S/C11H18N4O3/c1-3-4-5-13-10(16)7(2)15-6-8(12)9(14-15)11(17)18/h6-7H,3-5,12H2,1-2H3,(H,13,16)(H,17,18). The van der Waals surface area contributed by atoms with Crippen LogP contribution in [0.5, 0.6) is 0 Å². The van der Waals surface area contributed by atoms with Gasteiger partial charge in [-0.3, -0.25) is 9.48 Å². The first kappa shape index (κ1) is 14.0. The molecule has 7 heteroatoms. The van der Waals surface area contributed by atoms with Crippen LogP contribution in [0.1, 0.15) is 43.2 Å². The van der Waals surface area contributed by atoms with E-state index in [0.717, 1.165) is 12.8 Å². The highest BCUT2D eigenvalue weighted by Gasteiger charge is 2.20. The van der Waals surface area contributed by atoms with Gasteiger partial charge in [0.2, 0.25) is 5.91 Å². The molecule has 0 aliphatic rings. The number of carboxylic acids is 1. The van der Waals surface area contributed by atoms with Crippen LogP contribution in [0.15, 0.2) is 6.20 Å². The Balaban J connectivity index is 2.71. The lowest BCUT2D eigenvalue weighted by Crippen LogP contribution is -2.32. The number of nitrogens with two attached hydrogens (primary N) is 1. The van der Waals surface area contributed by atoms with Gasteiger partial charge < -0.3 is 16.2 Å². The summed E-state index contributed by atoms with van der Waals surface area (Å²) in [5.74, 6) is -1.41. The summed E-state index contributed by atoms with van der Waals surface area (Å²) < 4.78 is 1.26. The molecule has 0 saturated heterocycles. The molecule has 0 aromatic carbocycles. The molecule has 0 bridgehead atoms. The summed E-state index contributed by atoms with van der Waals surface area (Å²) in [7, 11) is 0.